The Balaban J connectivity index is 5.16. The lowest BCUT2D eigenvalue weighted by atomic mass is 10.1. The van der Waals surface area contributed by atoms with Crippen LogP contribution >= 0.6 is 0 Å². The van der Waals surface area contributed by atoms with Gasteiger partial charge < -0.3 is 24.6 Å². The smallest absolute Gasteiger partial charge is 0.423 e. The summed E-state index contributed by atoms with van der Waals surface area (Å²) in [4.78, 5) is 33.9. The maximum atomic E-state index is 13.2. The molecule has 0 atom stereocenters. The molecule has 0 saturated carbocycles. The molecular formula is C15H17F6NO7. The van der Waals surface area contributed by atoms with Crippen molar-refractivity contribution in [3.05, 3.63) is 25.3 Å². The van der Waals surface area contributed by atoms with E-state index in [9.17, 15) is 40.7 Å². The predicted octanol–water partition coefficient (Wildman–Crippen LogP) is 1.79. The maximum absolute atomic E-state index is 13.2. The van der Waals surface area contributed by atoms with Crippen LogP contribution in [0.15, 0.2) is 25.3 Å². The summed E-state index contributed by atoms with van der Waals surface area (Å²) in [5, 5.41) is 9.69. The summed E-state index contributed by atoms with van der Waals surface area (Å²) in [6.07, 6.45) is -6.48. The highest BCUT2D eigenvalue weighted by Gasteiger charge is 2.72. The molecule has 0 unspecified atom stereocenters. The standard InChI is InChI=1S/C15H17F6NO7/c1-4-9(23)27-6-12(3,7-28-10(24)5-2)22-11(25)29-8-13(16,17)14(18,19)15(20,21)26/h4-5,26H,1-2,6-8H2,3H3,(H,22,25). The molecule has 8 nitrogen and oxygen atoms in total. The number of carbonyl (C=O) groups excluding carboxylic acids is 3. The number of hydrogen-bond acceptors (Lipinski definition) is 7. The topological polar surface area (TPSA) is 111 Å². The Morgan fingerprint density at radius 1 is 0.897 bits per heavy atom. The minimum absolute atomic E-state index is 0.724. The van der Waals surface area contributed by atoms with Crippen LogP contribution in [0.1, 0.15) is 6.92 Å². The second-order valence-corrected chi connectivity index (χ2v) is 5.71. The Kier molecular flexibility index (Phi) is 8.71. The summed E-state index contributed by atoms with van der Waals surface area (Å²) in [6, 6.07) is 0. The van der Waals surface area contributed by atoms with Crippen LogP contribution in [-0.4, -0.2) is 66.5 Å². The minimum atomic E-state index is -6.25. The highest BCUT2D eigenvalue weighted by Crippen LogP contribution is 2.44. The van der Waals surface area contributed by atoms with Crippen molar-refractivity contribution in [1.29, 1.82) is 0 Å². The van der Waals surface area contributed by atoms with Crippen molar-refractivity contribution in [3.63, 3.8) is 0 Å². The number of esters is 2. The van der Waals surface area contributed by atoms with Gasteiger partial charge in [0.15, 0.2) is 6.61 Å². The number of alkyl carbamates (subject to hydrolysis) is 1. The molecular weight excluding hydrogens is 420 g/mol. The van der Waals surface area contributed by atoms with Gasteiger partial charge in [0, 0.05) is 12.2 Å². The molecule has 1 amide bonds. The van der Waals surface area contributed by atoms with Crippen LogP contribution in [0.4, 0.5) is 31.1 Å². The lowest BCUT2D eigenvalue weighted by Gasteiger charge is -2.31. The largest absolute Gasteiger partial charge is 0.460 e. The zero-order valence-electron chi connectivity index (χ0n) is 14.9. The fourth-order valence-corrected chi connectivity index (χ4v) is 1.44. The van der Waals surface area contributed by atoms with Crippen LogP contribution in [0.2, 0.25) is 0 Å². The van der Waals surface area contributed by atoms with Gasteiger partial charge in [0.2, 0.25) is 0 Å². The van der Waals surface area contributed by atoms with Crippen LogP contribution in [0, 0.1) is 0 Å². The highest BCUT2D eigenvalue weighted by atomic mass is 19.3. The first-order valence-electron chi connectivity index (χ1n) is 7.40. The second-order valence-electron chi connectivity index (χ2n) is 5.71. The number of carbonyl (C=O) groups is 3. The summed E-state index contributed by atoms with van der Waals surface area (Å²) >= 11 is 0. The Morgan fingerprint density at radius 2 is 1.31 bits per heavy atom. The Morgan fingerprint density at radius 3 is 1.66 bits per heavy atom. The van der Waals surface area contributed by atoms with Gasteiger partial charge in [-0.05, 0) is 6.92 Å². The minimum Gasteiger partial charge on any atom is -0.460 e. The van der Waals surface area contributed by atoms with Crippen molar-refractivity contribution in [2.45, 2.75) is 30.4 Å². The summed E-state index contributed by atoms with van der Waals surface area (Å²) in [5.74, 6) is -13.9. The van der Waals surface area contributed by atoms with Gasteiger partial charge in [-0.2, -0.15) is 26.3 Å². The molecule has 0 radical (unpaired) electrons. The Bertz CT molecular complexity index is 624. The second kappa shape index (κ2) is 9.62. The maximum Gasteiger partial charge on any atom is 0.423 e. The molecule has 0 rings (SSSR count). The molecule has 0 saturated heterocycles. The van der Waals surface area contributed by atoms with Gasteiger partial charge in [-0.15, -0.1) is 0 Å². The summed E-state index contributed by atoms with van der Waals surface area (Å²) in [6.45, 7) is 3.26. The van der Waals surface area contributed by atoms with E-state index in [2.05, 4.69) is 27.4 Å². The zero-order valence-corrected chi connectivity index (χ0v) is 14.9. The van der Waals surface area contributed by atoms with E-state index in [0.717, 1.165) is 19.1 Å². The molecule has 0 spiro atoms. The van der Waals surface area contributed by atoms with E-state index < -0.39 is 61.3 Å². The third kappa shape index (κ3) is 7.63. The number of nitrogens with one attached hydrogen (secondary N) is 1. The SMILES string of the molecule is C=CC(=O)OCC(C)(COC(=O)C=C)NC(=O)OCC(F)(F)C(F)(F)C(O)(F)F. The molecule has 0 aliphatic rings. The van der Waals surface area contributed by atoms with Gasteiger partial charge in [-0.1, -0.05) is 13.2 Å². The van der Waals surface area contributed by atoms with Crippen molar-refractivity contribution in [2.24, 2.45) is 0 Å². The number of ether oxygens (including phenoxy) is 3. The van der Waals surface area contributed by atoms with E-state index in [1.165, 1.54) is 0 Å². The number of halogens is 6. The van der Waals surface area contributed by atoms with Crippen molar-refractivity contribution >= 4 is 18.0 Å². The van der Waals surface area contributed by atoms with E-state index in [4.69, 9.17) is 5.11 Å². The fraction of sp³-hybridized carbons (Fsp3) is 0.533. The van der Waals surface area contributed by atoms with E-state index in [1.807, 2.05) is 0 Å². The molecule has 0 fully saturated rings. The first-order valence-corrected chi connectivity index (χ1v) is 7.40. The summed E-state index contributed by atoms with van der Waals surface area (Å²) in [5.41, 5.74) is -1.81. The highest BCUT2D eigenvalue weighted by molar-refractivity contribution is 5.82. The summed E-state index contributed by atoms with van der Waals surface area (Å²) in [7, 11) is 0. The molecule has 0 aromatic heterocycles. The van der Waals surface area contributed by atoms with Crippen molar-refractivity contribution < 1.29 is 60.0 Å². The lowest BCUT2D eigenvalue weighted by molar-refractivity contribution is -0.387. The molecule has 0 heterocycles. The van der Waals surface area contributed by atoms with Crippen LogP contribution in [0.25, 0.3) is 0 Å². The van der Waals surface area contributed by atoms with Crippen molar-refractivity contribution in [1.82, 2.24) is 5.32 Å². The number of amides is 1. The average molecular weight is 437 g/mol. The average Bonchev–Trinajstić information content (AvgIpc) is 2.61. The number of aliphatic hydroxyl groups is 1. The normalized spacial score (nSPS) is 12.6. The third-order valence-corrected chi connectivity index (χ3v) is 3.02. The summed E-state index contributed by atoms with van der Waals surface area (Å²) < 4.78 is 89.8. The monoisotopic (exact) mass is 437 g/mol. The molecule has 0 aliphatic heterocycles. The van der Waals surface area contributed by atoms with E-state index >= 15 is 0 Å². The van der Waals surface area contributed by atoms with E-state index in [0.29, 0.717) is 0 Å². The lowest BCUT2D eigenvalue weighted by Crippen LogP contribution is -2.58. The number of rotatable bonds is 11. The first kappa shape index (κ1) is 26.2. The van der Waals surface area contributed by atoms with Crippen molar-refractivity contribution in [3.8, 4) is 0 Å². The predicted molar refractivity (Wildman–Crippen MR) is 82.3 cm³/mol. The fourth-order valence-electron chi connectivity index (χ4n) is 1.44. The number of alkyl halides is 6. The quantitative estimate of drug-likeness (QED) is 0.219. The van der Waals surface area contributed by atoms with Crippen molar-refractivity contribution in [2.75, 3.05) is 19.8 Å². The van der Waals surface area contributed by atoms with E-state index in [-0.39, 0.29) is 0 Å². The van der Waals surface area contributed by atoms with Crippen LogP contribution in [0.5, 0.6) is 0 Å². The third-order valence-electron chi connectivity index (χ3n) is 3.02. The number of hydrogen-bond donors (Lipinski definition) is 2. The molecule has 0 aromatic carbocycles. The van der Waals surface area contributed by atoms with Gasteiger partial charge in [0.05, 0.1) is 0 Å². The van der Waals surface area contributed by atoms with Gasteiger partial charge in [0.1, 0.15) is 18.8 Å². The van der Waals surface area contributed by atoms with Crippen LogP contribution in [0.3, 0.4) is 0 Å². The molecule has 29 heavy (non-hydrogen) atoms. The van der Waals surface area contributed by atoms with Gasteiger partial charge in [0.25, 0.3) is 0 Å². The van der Waals surface area contributed by atoms with Crippen LogP contribution in [-0.2, 0) is 23.8 Å². The Labute approximate surface area is 160 Å². The zero-order chi connectivity index (χ0) is 23.1. The van der Waals surface area contributed by atoms with E-state index in [1.54, 1.807) is 5.32 Å². The molecule has 2 N–H and O–H groups in total. The van der Waals surface area contributed by atoms with Gasteiger partial charge >= 0.3 is 36.0 Å². The molecule has 14 heteroatoms. The van der Waals surface area contributed by atoms with Gasteiger partial charge in [-0.3, -0.25) is 0 Å². The molecule has 166 valence electrons. The molecule has 0 aromatic rings. The molecule has 0 bridgehead atoms. The first-order chi connectivity index (χ1) is 13.0. The Hall–Kier alpha value is -2.77. The molecule has 0 aliphatic carbocycles. The van der Waals surface area contributed by atoms with Crippen LogP contribution < -0.4 is 5.32 Å². The van der Waals surface area contributed by atoms with Gasteiger partial charge in [-0.25, -0.2) is 14.4 Å².